The van der Waals surface area contributed by atoms with Crippen LogP contribution in [-0.4, -0.2) is 67.4 Å². The summed E-state index contributed by atoms with van der Waals surface area (Å²) in [5.41, 5.74) is 11.0. The average molecular weight is 866 g/mol. The summed E-state index contributed by atoms with van der Waals surface area (Å²) < 4.78 is 20.6. The minimum absolute atomic E-state index is 0.0639. The summed E-state index contributed by atoms with van der Waals surface area (Å²) in [6.07, 6.45) is 5.08. The third-order valence-electron chi connectivity index (χ3n) is 11.8. The summed E-state index contributed by atoms with van der Waals surface area (Å²) in [5, 5.41) is 12.7. The highest BCUT2D eigenvalue weighted by molar-refractivity contribution is 6.76. The molecule has 1 unspecified atom stereocenters. The van der Waals surface area contributed by atoms with Crippen LogP contribution in [0, 0.1) is 27.7 Å². The van der Waals surface area contributed by atoms with E-state index in [-0.39, 0.29) is 11.9 Å². The second-order valence-electron chi connectivity index (χ2n) is 17.6. The first-order chi connectivity index (χ1) is 28.5. The molecular weight excluding hydrogens is 812 g/mol. The molecule has 0 fully saturated rings. The van der Waals surface area contributed by atoms with Crippen LogP contribution in [0.5, 0.6) is 5.75 Å². The van der Waals surface area contributed by atoms with Crippen molar-refractivity contribution in [3.63, 3.8) is 0 Å². The molecule has 1 amide bonds. The van der Waals surface area contributed by atoms with Crippen LogP contribution in [0.3, 0.4) is 0 Å². The Kier molecular flexibility index (Phi) is 11.3. The summed E-state index contributed by atoms with van der Waals surface area (Å²) in [6.45, 7) is 19.3. The van der Waals surface area contributed by atoms with Gasteiger partial charge in [0.1, 0.15) is 24.5 Å². The lowest BCUT2D eigenvalue weighted by Gasteiger charge is -2.34. The number of ether oxygens (including phenoxy) is 2. The number of aromatic nitrogens is 7. The topological polar surface area (TPSA) is 97.2 Å². The van der Waals surface area contributed by atoms with E-state index >= 15 is 4.79 Å². The molecule has 1 aliphatic rings. The molecule has 5 heterocycles. The molecular formula is C46H54Cl2N8O3Si. The van der Waals surface area contributed by atoms with Crippen LogP contribution in [0.2, 0.25) is 35.7 Å². The standard InChI is InChI=1S/C46H54Cl2N8O3Si/c1-27-20-33(21-28(2)42(27)48)59-17-11-12-34-35-14-15-37(47)41(40-30(4)50-53(7)31(40)5)43(35)56-29(3)23-55(46(57)44(34)56)39-24-54(26-58-18-19-60(8,9)10)38-16-13-32(22-36(38)39)45-49-25-52(6)51-45/h13-16,20-22,24-25,29H,11-12,17-19,23,26H2,1-10H3. The molecule has 0 bridgehead atoms. The maximum absolute atomic E-state index is 15.5. The zero-order valence-electron chi connectivity index (χ0n) is 36.3. The number of benzene rings is 3. The van der Waals surface area contributed by atoms with Crippen LogP contribution < -0.4 is 9.64 Å². The van der Waals surface area contributed by atoms with E-state index < -0.39 is 8.07 Å². The predicted octanol–water partition coefficient (Wildman–Crippen LogP) is 10.9. The second kappa shape index (κ2) is 16.2. The molecule has 7 aromatic rings. The molecule has 1 atom stereocenters. The molecule has 0 aliphatic carbocycles. The van der Waals surface area contributed by atoms with Crippen LogP contribution in [0.4, 0.5) is 5.69 Å². The average Bonchev–Trinajstić information content (AvgIpc) is 3.94. The molecule has 314 valence electrons. The molecule has 0 radical (unpaired) electrons. The van der Waals surface area contributed by atoms with Crippen molar-refractivity contribution in [1.29, 1.82) is 0 Å². The molecule has 1 aliphatic heterocycles. The lowest BCUT2D eigenvalue weighted by molar-refractivity contribution is 0.0900. The quantitative estimate of drug-likeness (QED) is 0.0846. The summed E-state index contributed by atoms with van der Waals surface area (Å²) in [6, 6.07) is 15.2. The Morgan fingerprint density at radius 3 is 2.33 bits per heavy atom. The van der Waals surface area contributed by atoms with Crippen LogP contribution in [0.15, 0.2) is 55.0 Å². The number of halogens is 2. The molecule has 0 spiro atoms. The lowest BCUT2D eigenvalue weighted by atomic mass is 9.98. The summed E-state index contributed by atoms with van der Waals surface area (Å²) in [5.74, 6) is 1.35. The van der Waals surface area contributed by atoms with Gasteiger partial charge in [-0.3, -0.25) is 14.2 Å². The number of amides is 1. The second-order valence-corrected chi connectivity index (χ2v) is 24.0. The van der Waals surface area contributed by atoms with Gasteiger partial charge in [-0.2, -0.15) is 10.2 Å². The first-order valence-corrected chi connectivity index (χ1v) is 25.1. The van der Waals surface area contributed by atoms with E-state index in [1.54, 1.807) is 11.0 Å². The van der Waals surface area contributed by atoms with Crippen molar-refractivity contribution in [2.75, 3.05) is 24.7 Å². The lowest BCUT2D eigenvalue weighted by Crippen LogP contribution is -2.42. The van der Waals surface area contributed by atoms with Crippen LogP contribution in [0.25, 0.3) is 44.3 Å². The zero-order valence-corrected chi connectivity index (χ0v) is 38.8. The Labute approximate surface area is 362 Å². The number of rotatable bonds is 13. The Balaban J connectivity index is 1.25. The van der Waals surface area contributed by atoms with Gasteiger partial charge in [0.15, 0.2) is 5.82 Å². The van der Waals surface area contributed by atoms with Crippen molar-refractivity contribution in [2.45, 2.75) is 85.9 Å². The third-order valence-corrected chi connectivity index (χ3v) is 14.4. The first-order valence-electron chi connectivity index (χ1n) is 20.7. The minimum atomic E-state index is -1.29. The van der Waals surface area contributed by atoms with Gasteiger partial charge < -0.3 is 23.5 Å². The Hall–Kier alpha value is -4.88. The number of carbonyl (C=O) groups is 1. The number of hydrogen-bond donors (Lipinski definition) is 0. The number of hydrogen-bond acceptors (Lipinski definition) is 6. The Bertz CT molecular complexity index is 2770. The van der Waals surface area contributed by atoms with E-state index in [4.69, 9.17) is 37.8 Å². The maximum Gasteiger partial charge on any atom is 0.275 e. The number of fused-ring (bicyclic) bond motifs is 4. The Morgan fingerprint density at radius 2 is 1.67 bits per heavy atom. The van der Waals surface area contributed by atoms with Crippen molar-refractivity contribution in [3.8, 4) is 28.3 Å². The van der Waals surface area contributed by atoms with Crippen molar-refractivity contribution in [2.24, 2.45) is 14.1 Å². The first kappa shape index (κ1) is 41.8. The van der Waals surface area contributed by atoms with Gasteiger partial charge in [-0.1, -0.05) is 48.9 Å². The highest BCUT2D eigenvalue weighted by Crippen LogP contribution is 2.46. The monoisotopic (exact) mass is 864 g/mol. The maximum atomic E-state index is 15.5. The number of carbonyl (C=O) groups excluding carboxylic acids is 1. The molecule has 11 nitrogen and oxygen atoms in total. The molecule has 8 rings (SSSR count). The van der Waals surface area contributed by atoms with E-state index in [1.807, 2.05) is 68.7 Å². The smallest absolute Gasteiger partial charge is 0.275 e. The normalized spacial score (nSPS) is 14.6. The summed E-state index contributed by atoms with van der Waals surface area (Å²) >= 11 is 13.7. The van der Waals surface area contributed by atoms with E-state index in [0.29, 0.717) is 55.9 Å². The van der Waals surface area contributed by atoms with Crippen molar-refractivity contribution in [3.05, 3.63) is 98.8 Å². The molecule has 4 aromatic heterocycles. The summed E-state index contributed by atoms with van der Waals surface area (Å²) in [4.78, 5) is 22.0. The van der Waals surface area contributed by atoms with Gasteiger partial charge in [-0.15, -0.1) is 0 Å². The molecule has 0 N–H and O–H groups in total. The van der Waals surface area contributed by atoms with Gasteiger partial charge in [0.05, 0.1) is 34.0 Å². The van der Waals surface area contributed by atoms with Crippen molar-refractivity contribution < 1.29 is 14.3 Å². The van der Waals surface area contributed by atoms with E-state index in [0.717, 1.165) is 89.1 Å². The Morgan fingerprint density at radius 1 is 0.917 bits per heavy atom. The predicted molar refractivity (Wildman–Crippen MR) is 246 cm³/mol. The van der Waals surface area contributed by atoms with Crippen molar-refractivity contribution >= 4 is 64.7 Å². The van der Waals surface area contributed by atoms with Gasteiger partial charge in [0, 0.05) is 85.7 Å². The molecule has 0 saturated carbocycles. The van der Waals surface area contributed by atoms with E-state index in [9.17, 15) is 0 Å². The summed E-state index contributed by atoms with van der Waals surface area (Å²) in [7, 11) is 2.53. The number of nitrogens with zero attached hydrogens (tertiary/aromatic N) is 8. The van der Waals surface area contributed by atoms with Crippen molar-refractivity contribution in [1.82, 2.24) is 33.7 Å². The largest absolute Gasteiger partial charge is 0.494 e. The van der Waals surface area contributed by atoms with Crippen LogP contribution >= 0.6 is 23.2 Å². The zero-order chi connectivity index (χ0) is 42.8. The van der Waals surface area contributed by atoms with Gasteiger partial charge in [0.25, 0.3) is 5.91 Å². The number of anilines is 1. The molecule has 0 saturated heterocycles. The molecule has 3 aromatic carbocycles. The van der Waals surface area contributed by atoms with Gasteiger partial charge >= 0.3 is 0 Å². The van der Waals surface area contributed by atoms with Crippen LogP contribution in [-0.2, 0) is 32.0 Å². The fourth-order valence-corrected chi connectivity index (χ4v) is 9.80. The highest BCUT2D eigenvalue weighted by Gasteiger charge is 2.38. The fourth-order valence-electron chi connectivity index (χ4n) is 8.69. The van der Waals surface area contributed by atoms with E-state index in [2.05, 4.69) is 77.1 Å². The fraction of sp³-hybridized carbons (Fsp3) is 0.391. The SMILES string of the molecule is Cc1cc(OCCCc2c3n(c4c(-c5c(C)nn(C)c5C)c(Cl)ccc24)C(C)CN(c2cn(COCC[Si](C)(C)C)c4ccc(-c5ncn(C)n5)cc24)C3=O)cc(C)c1Cl. The molecule has 60 heavy (non-hydrogen) atoms. The number of aryl methyl sites for hydroxylation is 6. The van der Waals surface area contributed by atoms with Crippen LogP contribution in [0.1, 0.15) is 58.0 Å². The minimum Gasteiger partial charge on any atom is -0.494 e. The molecule has 14 heteroatoms. The highest BCUT2D eigenvalue weighted by atomic mass is 35.5. The third kappa shape index (κ3) is 7.67. The van der Waals surface area contributed by atoms with Gasteiger partial charge in [-0.25, -0.2) is 4.98 Å². The van der Waals surface area contributed by atoms with Gasteiger partial charge in [-0.05, 0) is 107 Å². The van der Waals surface area contributed by atoms with Gasteiger partial charge in [0.2, 0.25) is 0 Å². The van der Waals surface area contributed by atoms with E-state index in [1.165, 1.54) is 0 Å².